The average Bonchev–Trinajstić information content (AvgIpc) is 2.33. The van der Waals surface area contributed by atoms with Crippen LogP contribution in [0.15, 0.2) is 12.1 Å². The highest BCUT2D eigenvalue weighted by Gasteiger charge is 2.29. The first-order valence-electron chi connectivity index (χ1n) is 6.45. The molecule has 1 aromatic carbocycles. The Kier molecular flexibility index (Phi) is 3.73. The van der Waals surface area contributed by atoms with Crippen molar-refractivity contribution in [2.24, 2.45) is 5.92 Å². The van der Waals surface area contributed by atoms with Crippen LogP contribution in [0, 0.1) is 17.6 Å². The van der Waals surface area contributed by atoms with Crippen LogP contribution in [0.25, 0.3) is 0 Å². The molecule has 0 radical (unpaired) electrons. The molecule has 0 aliphatic carbocycles. The van der Waals surface area contributed by atoms with Gasteiger partial charge in [0, 0.05) is 18.7 Å². The Balaban J connectivity index is 2.27. The van der Waals surface area contributed by atoms with Gasteiger partial charge in [0.2, 0.25) is 0 Å². The molecule has 2 N–H and O–H groups in total. The number of nitrogen functional groups attached to an aromatic ring is 1. The maximum absolute atomic E-state index is 13.7. The molecule has 0 saturated carbocycles. The van der Waals surface area contributed by atoms with Crippen molar-refractivity contribution in [2.75, 3.05) is 12.3 Å². The van der Waals surface area contributed by atoms with Crippen molar-refractivity contribution in [1.29, 1.82) is 0 Å². The van der Waals surface area contributed by atoms with Crippen molar-refractivity contribution in [3.8, 4) is 0 Å². The van der Waals surface area contributed by atoms with E-state index in [2.05, 4.69) is 6.92 Å². The number of carbonyl (C=O) groups excluding carboxylic acids is 1. The van der Waals surface area contributed by atoms with Crippen molar-refractivity contribution in [3.05, 3.63) is 29.3 Å². The molecule has 3 nitrogen and oxygen atoms in total. The van der Waals surface area contributed by atoms with E-state index >= 15 is 0 Å². The molecule has 1 saturated heterocycles. The van der Waals surface area contributed by atoms with Crippen molar-refractivity contribution >= 4 is 11.6 Å². The molecule has 5 heteroatoms. The fraction of sp³-hybridized carbons (Fsp3) is 0.500. The highest BCUT2D eigenvalue weighted by atomic mass is 19.1. The van der Waals surface area contributed by atoms with Crippen LogP contribution < -0.4 is 5.73 Å². The zero-order valence-corrected chi connectivity index (χ0v) is 11.1. The van der Waals surface area contributed by atoms with Crippen molar-refractivity contribution < 1.29 is 13.6 Å². The highest BCUT2D eigenvalue weighted by Crippen LogP contribution is 2.25. The number of piperidine rings is 1. The monoisotopic (exact) mass is 268 g/mol. The molecule has 1 heterocycles. The first-order valence-corrected chi connectivity index (χ1v) is 6.45. The van der Waals surface area contributed by atoms with Crippen LogP contribution in [-0.2, 0) is 0 Å². The molecule has 2 rings (SSSR count). The second-order valence-corrected chi connectivity index (χ2v) is 5.33. The van der Waals surface area contributed by atoms with Gasteiger partial charge in [0.25, 0.3) is 5.91 Å². The number of nitrogens with two attached hydrogens (primary N) is 1. The van der Waals surface area contributed by atoms with Gasteiger partial charge in [-0.05, 0) is 31.7 Å². The topological polar surface area (TPSA) is 46.3 Å². The van der Waals surface area contributed by atoms with E-state index < -0.39 is 17.5 Å². The van der Waals surface area contributed by atoms with Crippen LogP contribution in [0.3, 0.4) is 0 Å². The molecule has 2 atom stereocenters. The summed E-state index contributed by atoms with van der Waals surface area (Å²) in [4.78, 5) is 13.9. The molecule has 1 amide bonds. The molecule has 1 aliphatic heterocycles. The predicted molar refractivity (Wildman–Crippen MR) is 69.7 cm³/mol. The van der Waals surface area contributed by atoms with Gasteiger partial charge in [-0.3, -0.25) is 4.79 Å². The summed E-state index contributed by atoms with van der Waals surface area (Å²) >= 11 is 0. The van der Waals surface area contributed by atoms with Crippen molar-refractivity contribution in [3.63, 3.8) is 0 Å². The van der Waals surface area contributed by atoms with Crippen molar-refractivity contribution in [1.82, 2.24) is 4.90 Å². The van der Waals surface area contributed by atoms with E-state index in [1.54, 1.807) is 4.90 Å². The van der Waals surface area contributed by atoms with E-state index in [0.717, 1.165) is 18.9 Å². The third-order valence-electron chi connectivity index (χ3n) is 3.72. The molecule has 1 aromatic rings. The SMILES string of the molecule is CC1CCN(C(=O)c2cc(N)c(F)cc2F)C(C)C1. The Morgan fingerprint density at radius 3 is 2.63 bits per heavy atom. The number of benzene rings is 1. The number of carbonyl (C=O) groups is 1. The molecular weight excluding hydrogens is 250 g/mol. The number of rotatable bonds is 1. The molecule has 1 aliphatic rings. The maximum atomic E-state index is 13.7. The molecule has 0 aromatic heterocycles. The van der Waals surface area contributed by atoms with Gasteiger partial charge in [0.1, 0.15) is 11.6 Å². The number of nitrogens with zero attached hydrogens (tertiary/aromatic N) is 1. The van der Waals surface area contributed by atoms with Crippen LogP contribution in [0.2, 0.25) is 0 Å². The van der Waals surface area contributed by atoms with Gasteiger partial charge in [-0.2, -0.15) is 0 Å². The summed E-state index contributed by atoms with van der Waals surface area (Å²) in [6.45, 7) is 4.67. The average molecular weight is 268 g/mol. The smallest absolute Gasteiger partial charge is 0.257 e. The first kappa shape index (κ1) is 13.8. The molecule has 104 valence electrons. The number of amides is 1. The molecule has 19 heavy (non-hydrogen) atoms. The zero-order valence-electron chi connectivity index (χ0n) is 11.1. The van der Waals surface area contributed by atoms with E-state index in [1.165, 1.54) is 0 Å². The largest absolute Gasteiger partial charge is 0.396 e. The van der Waals surface area contributed by atoms with E-state index in [9.17, 15) is 13.6 Å². The summed E-state index contributed by atoms with van der Waals surface area (Å²) < 4.78 is 26.8. The minimum Gasteiger partial charge on any atom is -0.396 e. The number of halogens is 2. The van der Waals surface area contributed by atoms with E-state index in [4.69, 9.17) is 5.73 Å². The Morgan fingerprint density at radius 1 is 1.32 bits per heavy atom. The second-order valence-electron chi connectivity index (χ2n) is 5.33. The Hall–Kier alpha value is -1.65. The molecule has 0 bridgehead atoms. The number of hydrogen-bond acceptors (Lipinski definition) is 2. The predicted octanol–water partition coefficient (Wildman–Crippen LogP) is 2.81. The third-order valence-corrected chi connectivity index (χ3v) is 3.72. The lowest BCUT2D eigenvalue weighted by Crippen LogP contribution is -2.44. The van der Waals surface area contributed by atoms with Gasteiger partial charge in [0.15, 0.2) is 0 Å². The summed E-state index contributed by atoms with van der Waals surface area (Å²) in [6, 6.07) is 1.80. The number of anilines is 1. The van der Waals surface area contributed by atoms with Gasteiger partial charge in [0.05, 0.1) is 11.3 Å². The summed E-state index contributed by atoms with van der Waals surface area (Å²) in [6.07, 6.45) is 1.79. The Bertz CT molecular complexity index is 504. The van der Waals surface area contributed by atoms with E-state index in [0.29, 0.717) is 18.5 Å². The number of hydrogen-bond donors (Lipinski definition) is 1. The summed E-state index contributed by atoms with van der Waals surface area (Å²) in [7, 11) is 0. The normalized spacial score (nSPS) is 23.5. The Labute approximate surface area is 111 Å². The van der Waals surface area contributed by atoms with Crippen LogP contribution in [-0.4, -0.2) is 23.4 Å². The second kappa shape index (κ2) is 5.15. The quantitative estimate of drug-likeness (QED) is 0.796. The highest BCUT2D eigenvalue weighted by molar-refractivity contribution is 5.95. The van der Waals surface area contributed by atoms with Crippen molar-refractivity contribution in [2.45, 2.75) is 32.7 Å². The Morgan fingerprint density at radius 2 is 2.00 bits per heavy atom. The van der Waals surface area contributed by atoms with Crippen LogP contribution in [0.1, 0.15) is 37.0 Å². The molecule has 1 fully saturated rings. The maximum Gasteiger partial charge on any atom is 0.257 e. The van der Waals surface area contributed by atoms with E-state index in [1.807, 2.05) is 6.92 Å². The standard InChI is InChI=1S/C14H18F2N2O/c1-8-3-4-18(9(2)5-8)14(19)10-6-13(17)12(16)7-11(10)15/h6-9H,3-5,17H2,1-2H3. The minimum atomic E-state index is -0.859. The first-order chi connectivity index (χ1) is 8.90. The lowest BCUT2D eigenvalue weighted by Gasteiger charge is -2.36. The summed E-state index contributed by atoms with van der Waals surface area (Å²) in [5, 5.41) is 0. The third kappa shape index (κ3) is 2.69. The fourth-order valence-corrected chi connectivity index (χ4v) is 2.59. The van der Waals surface area contributed by atoms with Gasteiger partial charge < -0.3 is 10.6 Å². The fourth-order valence-electron chi connectivity index (χ4n) is 2.59. The lowest BCUT2D eigenvalue weighted by molar-refractivity contribution is 0.0584. The molecular formula is C14H18F2N2O. The van der Waals surface area contributed by atoms with Gasteiger partial charge in [-0.15, -0.1) is 0 Å². The minimum absolute atomic E-state index is 0.0573. The van der Waals surface area contributed by atoms with Gasteiger partial charge in [-0.1, -0.05) is 6.92 Å². The van der Waals surface area contributed by atoms with Gasteiger partial charge in [-0.25, -0.2) is 8.78 Å². The van der Waals surface area contributed by atoms with Gasteiger partial charge >= 0.3 is 0 Å². The van der Waals surface area contributed by atoms with Crippen LogP contribution in [0.5, 0.6) is 0 Å². The van der Waals surface area contributed by atoms with Crippen LogP contribution >= 0.6 is 0 Å². The zero-order chi connectivity index (χ0) is 14.2. The molecule has 0 spiro atoms. The van der Waals surface area contributed by atoms with Crippen LogP contribution in [0.4, 0.5) is 14.5 Å². The molecule has 2 unspecified atom stereocenters. The number of likely N-dealkylation sites (tertiary alicyclic amines) is 1. The summed E-state index contributed by atoms with van der Waals surface area (Å²) in [5.74, 6) is -1.55. The summed E-state index contributed by atoms with van der Waals surface area (Å²) in [5.41, 5.74) is 5.04. The lowest BCUT2D eigenvalue weighted by atomic mass is 9.93. The van der Waals surface area contributed by atoms with E-state index in [-0.39, 0.29) is 17.3 Å².